The van der Waals surface area contributed by atoms with Crippen molar-refractivity contribution in [1.82, 2.24) is 14.9 Å². The van der Waals surface area contributed by atoms with E-state index >= 15 is 0 Å². The van der Waals surface area contributed by atoms with Crippen molar-refractivity contribution in [3.05, 3.63) is 106 Å². The Morgan fingerprint density at radius 2 is 1.80 bits per heavy atom. The summed E-state index contributed by atoms with van der Waals surface area (Å²) in [7, 11) is 1.44. The van der Waals surface area contributed by atoms with E-state index in [4.69, 9.17) is 10.5 Å². The van der Waals surface area contributed by atoms with Crippen molar-refractivity contribution < 1.29 is 23.1 Å². The van der Waals surface area contributed by atoms with Crippen LogP contribution in [0.25, 0.3) is 11.3 Å². The number of carbonyl (C=O) groups is 2. The number of hydrogen-bond acceptors (Lipinski definition) is 8. The average molecular weight is 603 g/mol. The quantitative estimate of drug-likeness (QED) is 0.186. The fraction of sp³-hybridized carbons (Fsp3) is 0.250. The highest BCUT2D eigenvalue weighted by molar-refractivity contribution is 6.09. The first-order valence-corrected chi connectivity index (χ1v) is 14.0. The van der Waals surface area contributed by atoms with Crippen LogP contribution in [-0.4, -0.2) is 67.3 Å². The van der Waals surface area contributed by atoms with E-state index in [1.807, 2.05) is 6.07 Å². The van der Waals surface area contributed by atoms with Gasteiger partial charge in [0.1, 0.15) is 18.5 Å². The molecule has 1 aliphatic rings. The number of hydrogen-bond donors (Lipinski definition) is 3. The van der Waals surface area contributed by atoms with Crippen LogP contribution in [0.15, 0.2) is 77.7 Å². The normalized spacial score (nSPS) is 13.8. The Morgan fingerprint density at radius 3 is 2.48 bits per heavy atom. The van der Waals surface area contributed by atoms with Gasteiger partial charge in [0.2, 0.25) is 5.91 Å². The van der Waals surface area contributed by atoms with Crippen molar-refractivity contribution in [1.29, 1.82) is 0 Å². The van der Waals surface area contributed by atoms with Crippen molar-refractivity contribution in [2.24, 2.45) is 0 Å². The number of ketones is 1. The van der Waals surface area contributed by atoms with Gasteiger partial charge in [0, 0.05) is 41.2 Å². The Balaban J connectivity index is 1.61. The van der Waals surface area contributed by atoms with E-state index in [-0.39, 0.29) is 18.1 Å². The van der Waals surface area contributed by atoms with Gasteiger partial charge < -0.3 is 26.0 Å². The number of nitrogens with one attached hydrogen (secondary N) is 2. The highest BCUT2D eigenvalue weighted by Gasteiger charge is 2.22. The minimum atomic E-state index is -1.16. The largest absolute Gasteiger partial charge is 0.399 e. The van der Waals surface area contributed by atoms with Crippen molar-refractivity contribution in [3.63, 3.8) is 0 Å². The number of anilines is 3. The molecule has 1 aliphatic heterocycles. The van der Waals surface area contributed by atoms with Gasteiger partial charge in [0.15, 0.2) is 11.6 Å². The number of morpholine rings is 1. The molecule has 3 aromatic carbocycles. The Hall–Kier alpha value is -4.94. The summed E-state index contributed by atoms with van der Waals surface area (Å²) in [5.74, 6) is -1.78. The molecular formula is C32H32F2N6O4. The number of nitrogens with two attached hydrogens (primary N) is 1. The second kappa shape index (κ2) is 13.6. The fourth-order valence-electron chi connectivity index (χ4n) is 4.99. The third-order valence-electron chi connectivity index (χ3n) is 7.36. The number of alkyl halides is 1. The van der Waals surface area contributed by atoms with Crippen LogP contribution in [0.3, 0.4) is 0 Å². The van der Waals surface area contributed by atoms with Crippen LogP contribution < -0.4 is 26.8 Å². The predicted molar refractivity (Wildman–Crippen MR) is 164 cm³/mol. The molecule has 12 heteroatoms. The smallest absolute Gasteiger partial charge is 0.294 e. The number of halogens is 2. The molecule has 4 N–H and O–H groups in total. The lowest BCUT2D eigenvalue weighted by atomic mass is 9.99. The van der Waals surface area contributed by atoms with Crippen LogP contribution in [0, 0.1) is 5.82 Å². The zero-order chi connectivity index (χ0) is 31.2. The Morgan fingerprint density at radius 1 is 1.05 bits per heavy atom. The van der Waals surface area contributed by atoms with Crippen LogP contribution in [-0.2, 0) is 16.1 Å². The number of carbonyl (C=O) groups excluding carboxylic acids is 2. The highest BCUT2D eigenvalue weighted by Crippen LogP contribution is 2.26. The molecule has 0 saturated carbocycles. The summed E-state index contributed by atoms with van der Waals surface area (Å²) < 4.78 is 33.8. The van der Waals surface area contributed by atoms with Gasteiger partial charge in [-0.05, 0) is 67.2 Å². The first kappa shape index (κ1) is 30.5. The van der Waals surface area contributed by atoms with E-state index in [1.165, 1.54) is 42.1 Å². The van der Waals surface area contributed by atoms with Gasteiger partial charge in [0.05, 0.1) is 31.6 Å². The number of aromatic nitrogens is 2. The summed E-state index contributed by atoms with van der Waals surface area (Å²) in [6.07, 6.45) is 1.44. The maximum atomic E-state index is 13.9. The molecule has 0 bridgehead atoms. The summed E-state index contributed by atoms with van der Waals surface area (Å²) in [5, 5.41) is 4.99. The molecule has 1 aromatic heterocycles. The van der Waals surface area contributed by atoms with Crippen LogP contribution in [0.1, 0.15) is 21.5 Å². The number of nitrogen functional groups attached to an aromatic ring is 1. The Labute approximate surface area is 252 Å². The minimum Gasteiger partial charge on any atom is -0.399 e. The van der Waals surface area contributed by atoms with Crippen LogP contribution in [0.4, 0.5) is 26.0 Å². The third kappa shape index (κ3) is 6.82. The molecule has 1 amide bonds. The lowest BCUT2D eigenvalue weighted by molar-refractivity contribution is -0.118. The van der Waals surface area contributed by atoms with Gasteiger partial charge in [0.25, 0.3) is 5.56 Å². The van der Waals surface area contributed by atoms with E-state index in [2.05, 4.69) is 20.5 Å². The zero-order valence-electron chi connectivity index (χ0n) is 24.1. The second-order valence-corrected chi connectivity index (χ2v) is 10.3. The minimum absolute atomic E-state index is 0.00516. The lowest BCUT2D eigenvalue weighted by Crippen LogP contribution is -2.41. The topological polar surface area (TPSA) is 132 Å². The van der Waals surface area contributed by atoms with Crippen molar-refractivity contribution in [3.8, 4) is 11.3 Å². The van der Waals surface area contributed by atoms with Crippen molar-refractivity contribution in [2.75, 3.05) is 56.0 Å². The molecule has 0 radical (unpaired) electrons. The fourth-order valence-corrected chi connectivity index (χ4v) is 4.99. The summed E-state index contributed by atoms with van der Waals surface area (Å²) in [4.78, 5) is 46.3. The molecule has 5 rings (SSSR count). The number of rotatable bonds is 10. The van der Waals surface area contributed by atoms with Gasteiger partial charge in [-0.15, -0.1) is 0 Å². The van der Waals surface area contributed by atoms with E-state index in [0.717, 1.165) is 5.69 Å². The molecular weight excluding hydrogens is 570 g/mol. The maximum absolute atomic E-state index is 13.9. The summed E-state index contributed by atoms with van der Waals surface area (Å²) in [6, 6.07) is 16.4. The van der Waals surface area contributed by atoms with Gasteiger partial charge in [-0.1, -0.05) is 12.1 Å². The molecule has 0 unspecified atom stereocenters. The molecule has 0 aliphatic carbocycles. The molecule has 10 nitrogen and oxygen atoms in total. The summed E-state index contributed by atoms with van der Waals surface area (Å²) in [5.41, 5.74) is 8.95. The van der Waals surface area contributed by atoms with E-state index in [0.29, 0.717) is 59.9 Å². The maximum Gasteiger partial charge on any atom is 0.294 e. The Kier molecular flexibility index (Phi) is 9.41. The monoisotopic (exact) mass is 602 g/mol. The van der Waals surface area contributed by atoms with Gasteiger partial charge >= 0.3 is 0 Å². The SMILES string of the molecule is CN[C@@H](CF)C(=O)Nc1ncc(-c2cccc(N)c2)n(Cc2cc(C(=O)c3ccc(F)cc3)cc(N3CCOCC3)c2)c1=O. The predicted octanol–water partition coefficient (Wildman–Crippen LogP) is 3.24. The molecule has 1 saturated heterocycles. The molecule has 1 fully saturated rings. The molecule has 2 heterocycles. The van der Waals surface area contributed by atoms with E-state index in [9.17, 15) is 23.2 Å². The number of ether oxygens (including phenoxy) is 1. The van der Waals surface area contributed by atoms with Crippen molar-refractivity contribution in [2.45, 2.75) is 12.6 Å². The van der Waals surface area contributed by atoms with Crippen molar-refractivity contribution >= 4 is 28.9 Å². The third-order valence-corrected chi connectivity index (χ3v) is 7.36. The zero-order valence-corrected chi connectivity index (χ0v) is 24.1. The molecule has 44 heavy (non-hydrogen) atoms. The second-order valence-electron chi connectivity index (χ2n) is 10.3. The highest BCUT2D eigenvalue weighted by atomic mass is 19.1. The Bertz CT molecular complexity index is 1720. The van der Waals surface area contributed by atoms with Gasteiger partial charge in [-0.3, -0.25) is 19.0 Å². The van der Waals surface area contributed by atoms with Crippen LogP contribution >= 0.6 is 0 Å². The summed E-state index contributed by atoms with van der Waals surface area (Å²) in [6.45, 7) is 1.27. The number of amides is 1. The van der Waals surface area contributed by atoms with Gasteiger partial charge in [-0.2, -0.15) is 0 Å². The number of nitrogens with zero attached hydrogens (tertiary/aromatic N) is 3. The number of likely N-dealkylation sites (N-methyl/N-ethyl adjacent to an activating group) is 1. The molecule has 0 spiro atoms. The average Bonchev–Trinajstić information content (AvgIpc) is 3.04. The molecule has 228 valence electrons. The van der Waals surface area contributed by atoms with E-state index < -0.39 is 30.0 Å². The van der Waals surface area contributed by atoms with Crippen LogP contribution in [0.5, 0.6) is 0 Å². The first-order chi connectivity index (χ1) is 21.3. The summed E-state index contributed by atoms with van der Waals surface area (Å²) >= 11 is 0. The lowest BCUT2D eigenvalue weighted by Gasteiger charge is -2.29. The molecule has 1 atom stereocenters. The van der Waals surface area contributed by atoms with Gasteiger partial charge in [-0.25, -0.2) is 13.8 Å². The first-order valence-electron chi connectivity index (χ1n) is 14.0. The van der Waals surface area contributed by atoms with Crippen LogP contribution in [0.2, 0.25) is 0 Å². The number of benzene rings is 3. The van der Waals surface area contributed by atoms with E-state index in [1.54, 1.807) is 36.4 Å². The molecule has 4 aromatic rings. The standard InChI is InChI=1S/C32H32F2N6O4/c1-36-27(17-33)31(42)38-30-32(43)40(28(18-37-30)22-3-2-4-25(35)15-22)19-20-13-23(29(41)21-5-7-24(34)8-6-21)16-26(14-20)39-9-11-44-12-10-39/h2-8,13-16,18,27,36H,9-12,17,19,35H2,1H3,(H,37,38,42)/t27-/m0/s1.